The van der Waals surface area contributed by atoms with Crippen molar-refractivity contribution in [2.45, 2.75) is 50.7 Å². The lowest BCUT2D eigenvalue weighted by molar-refractivity contribution is -0.138. The predicted molar refractivity (Wildman–Crippen MR) is 131 cm³/mol. The fraction of sp³-hybridized carbons (Fsp3) is 0.520. The topological polar surface area (TPSA) is 91.8 Å². The summed E-state index contributed by atoms with van der Waals surface area (Å²) < 4.78 is 45.0. The minimum absolute atomic E-state index is 0.0290. The number of likely N-dealkylation sites (tertiary alicyclic amines) is 2. The van der Waals surface area contributed by atoms with Crippen molar-refractivity contribution in [1.29, 1.82) is 0 Å². The highest BCUT2D eigenvalue weighted by Crippen LogP contribution is 2.34. The molecule has 37 heavy (non-hydrogen) atoms. The van der Waals surface area contributed by atoms with Gasteiger partial charge in [-0.25, -0.2) is 9.78 Å². The molecule has 4 rings (SSSR count). The quantitative estimate of drug-likeness (QED) is 0.604. The molecule has 200 valence electrons. The first kappa shape index (κ1) is 26.9. The number of hydrogen-bond donors (Lipinski definition) is 1. The molecule has 2 aliphatic heterocycles. The van der Waals surface area contributed by atoms with Crippen LogP contribution in [0, 0.1) is 0 Å². The minimum Gasteiger partial charge on any atom is -0.450 e. The molecule has 3 heterocycles. The fourth-order valence-electron chi connectivity index (χ4n) is 4.68. The standard InChI is InChI=1S/C25H29F3N4O4S/c1-2-36-24(35)32-13-9-17(10-14-32)29-21(33)20-15-37-22(30-20)16-7-11-31(12-8-16)23(34)18-5-3-4-6-19(18)25(26,27)28/h3-6,15-17H,2,7-14H2,1H3,(H,29,33). The number of nitrogens with one attached hydrogen (secondary N) is 1. The van der Waals surface area contributed by atoms with E-state index < -0.39 is 17.6 Å². The summed E-state index contributed by atoms with van der Waals surface area (Å²) in [6, 6.07) is 4.78. The number of carbonyl (C=O) groups is 3. The molecule has 1 N–H and O–H groups in total. The highest BCUT2D eigenvalue weighted by molar-refractivity contribution is 7.09. The van der Waals surface area contributed by atoms with Crippen LogP contribution >= 0.6 is 11.3 Å². The molecule has 0 spiro atoms. The van der Waals surface area contributed by atoms with Crippen molar-refractivity contribution in [1.82, 2.24) is 20.1 Å². The third kappa shape index (κ3) is 6.41. The zero-order valence-corrected chi connectivity index (χ0v) is 21.2. The van der Waals surface area contributed by atoms with Gasteiger partial charge >= 0.3 is 12.3 Å². The molecule has 0 unspecified atom stereocenters. The number of amides is 3. The number of alkyl halides is 3. The molecule has 2 aliphatic rings. The Kier molecular flexibility index (Phi) is 8.35. The van der Waals surface area contributed by atoms with Gasteiger partial charge in [-0.1, -0.05) is 12.1 Å². The molecule has 0 radical (unpaired) electrons. The number of piperidine rings is 2. The van der Waals surface area contributed by atoms with Crippen molar-refractivity contribution in [3.05, 3.63) is 51.5 Å². The molecule has 1 aromatic carbocycles. The van der Waals surface area contributed by atoms with E-state index >= 15 is 0 Å². The monoisotopic (exact) mass is 538 g/mol. The second-order valence-electron chi connectivity index (χ2n) is 9.11. The lowest BCUT2D eigenvalue weighted by Gasteiger charge is -2.32. The number of halogens is 3. The highest BCUT2D eigenvalue weighted by Gasteiger charge is 2.37. The van der Waals surface area contributed by atoms with Crippen molar-refractivity contribution < 1.29 is 32.3 Å². The van der Waals surface area contributed by atoms with Gasteiger partial charge in [0.25, 0.3) is 11.8 Å². The maximum absolute atomic E-state index is 13.3. The molecule has 8 nitrogen and oxygen atoms in total. The number of rotatable bonds is 5. The van der Waals surface area contributed by atoms with Crippen molar-refractivity contribution in [2.24, 2.45) is 0 Å². The average Bonchev–Trinajstić information content (AvgIpc) is 3.39. The molecule has 2 aromatic rings. The molecule has 2 fully saturated rings. The zero-order chi connectivity index (χ0) is 26.6. The summed E-state index contributed by atoms with van der Waals surface area (Å²) in [7, 11) is 0. The van der Waals surface area contributed by atoms with Gasteiger partial charge in [0, 0.05) is 43.5 Å². The third-order valence-corrected chi connectivity index (χ3v) is 7.71. The first-order chi connectivity index (χ1) is 17.7. The Morgan fingerprint density at radius 1 is 1.05 bits per heavy atom. The van der Waals surface area contributed by atoms with Crippen LogP contribution in [0.25, 0.3) is 0 Å². The van der Waals surface area contributed by atoms with Gasteiger partial charge in [0.05, 0.1) is 22.7 Å². The van der Waals surface area contributed by atoms with E-state index in [1.807, 2.05) is 0 Å². The van der Waals surface area contributed by atoms with Gasteiger partial charge in [-0.15, -0.1) is 11.3 Å². The van der Waals surface area contributed by atoms with E-state index in [2.05, 4.69) is 10.3 Å². The predicted octanol–water partition coefficient (Wildman–Crippen LogP) is 4.53. The Morgan fingerprint density at radius 2 is 1.70 bits per heavy atom. The normalized spacial score (nSPS) is 17.5. The van der Waals surface area contributed by atoms with Gasteiger partial charge in [-0.2, -0.15) is 13.2 Å². The van der Waals surface area contributed by atoms with E-state index in [1.54, 1.807) is 17.2 Å². The van der Waals surface area contributed by atoms with Crippen molar-refractivity contribution in [3.63, 3.8) is 0 Å². The fourth-order valence-corrected chi connectivity index (χ4v) is 5.65. The number of hydrogen-bond acceptors (Lipinski definition) is 6. The Hall–Kier alpha value is -3.15. The number of thiazole rings is 1. The van der Waals surface area contributed by atoms with Gasteiger partial charge in [-0.05, 0) is 44.7 Å². The van der Waals surface area contributed by atoms with Crippen molar-refractivity contribution in [3.8, 4) is 0 Å². The number of carbonyl (C=O) groups excluding carboxylic acids is 3. The molecule has 0 saturated carbocycles. The number of benzene rings is 1. The van der Waals surface area contributed by atoms with Crippen molar-refractivity contribution in [2.75, 3.05) is 32.8 Å². The first-order valence-corrected chi connectivity index (χ1v) is 13.2. The summed E-state index contributed by atoms with van der Waals surface area (Å²) in [4.78, 5) is 45.0. The first-order valence-electron chi connectivity index (χ1n) is 12.3. The molecule has 2 saturated heterocycles. The van der Waals surface area contributed by atoms with Crippen LogP contribution in [0.2, 0.25) is 0 Å². The summed E-state index contributed by atoms with van der Waals surface area (Å²) in [5.74, 6) is -0.866. The molecule has 1 aromatic heterocycles. The largest absolute Gasteiger partial charge is 0.450 e. The maximum Gasteiger partial charge on any atom is 0.417 e. The van der Waals surface area contributed by atoms with E-state index in [4.69, 9.17) is 4.74 Å². The van der Waals surface area contributed by atoms with Crippen LogP contribution in [0.4, 0.5) is 18.0 Å². The van der Waals surface area contributed by atoms with Crippen LogP contribution in [0.5, 0.6) is 0 Å². The Bertz CT molecular complexity index is 1120. The van der Waals surface area contributed by atoms with Crippen LogP contribution in [0.15, 0.2) is 29.6 Å². The molecule has 0 bridgehead atoms. The Balaban J connectivity index is 1.29. The van der Waals surface area contributed by atoms with Crippen LogP contribution in [-0.2, 0) is 10.9 Å². The van der Waals surface area contributed by atoms with Crippen LogP contribution in [0.3, 0.4) is 0 Å². The summed E-state index contributed by atoms with van der Waals surface area (Å²) >= 11 is 1.37. The van der Waals surface area contributed by atoms with E-state index in [-0.39, 0.29) is 29.5 Å². The second-order valence-corrected chi connectivity index (χ2v) is 10.0. The summed E-state index contributed by atoms with van der Waals surface area (Å²) in [6.07, 6.45) is -2.56. The molecule has 0 aliphatic carbocycles. The molecular formula is C25H29F3N4O4S. The maximum atomic E-state index is 13.3. The summed E-state index contributed by atoms with van der Waals surface area (Å²) in [5.41, 5.74) is -0.940. The highest BCUT2D eigenvalue weighted by atomic mass is 32.1. The van der Waals surface area contributed by atoms with E-state index in [0.29, 0.717) is 64.2 Å². The second kappa shape index (κ2) is 11.5. The van der Waals surface area contributed by atoms with Gasteiger partial charge in [0.15, 0.2) is 0 Å². The number of nitrogens with zero attached hydrogens (tertiary/aromatic N) is 3. The molecule has 3 amide bonds. The minimum atomic E-state index is -4.60. The number of ether oxygens (including phenoxy) is 1. The molecule has 0 atom stereocenters. The lowest BCUT2D eigenvalue weighted by Crippen LogP contribution is -2.46. The van der Waals surface area contributed by atoms with Crippen LogP contribution in [-0.4, -0.2) is 71.5 Å². The summed E-state index contributed by atoms with van der Waals surface area (Å²) in [5, 5.41) is 5.47. The smallest absolute Gasteiger partial charge is 0.417 e. The van der Waals surface area contributed by atoms with Crippen LogP contribution < -0.4 is 5.32 Å². The van der Waals surface area contributed by atoms with Gasteiger partial charge < -0.3 is 19.9 Å². The third-order valence-electron chi connectivity index (χ3n) is 6.71. The van der Waals surface area contributed by atoms with Gasteiger partial charge in [-0.3, -0.25) is 9.59 Å². The zero-order valence-electron chi connectivity index (χ0n) is 20.4. The summed E-state index contributed by atoms with van der Waals surface area (Å²) in [6.45, 7) is 3.73. The van der Waals surface area contributed by atoms with E-state index in [0.717, 1.165) is 11.1 Å². The molecule has 12 heteroatoms. The van der Waals surface area contributed by atoms with E-state index in [1.165, 1.54) is 34.4 Å². The number of aromatic nitrogens is 1. The lowest BCUT2D eigenvalue weighted by atomic mass is 9.96. The average molecular weight is 539 g/mol. The van der Waals surface area contributed by atoms with E-state index in [9.17, 15) is 27.6 Å². The van der Waals surface area contributed by atoms with Gasteiger partial charge in [0.1, 0.15) is 5.69 Å². The molecular weight excluding hydrogens is 509 g/mol. The SMILES string of the molecule is CCOC(=O)N1CCC(NC(=O)c2csc(C3CCN(C(=O)c4ccccc4C(F)(F)F)CC3)n2)CC1. The van der Waals surface area contributed by atoms with Gasteiger partial charge in [0.2, 0.25) is 0 Å². The van der Waals surface area contributed by atoms with Crippen LogP contribution in [0.1, 0.15) is 69.9 Å². The van der Waals surface area contributed by atoms with Crippen molar-refractivity contribution >= 4 is 29.2 Å². The Labute approximate surface area is 216 Å². The Morgan fingerprint density at radius 3 is 2.35 bits per heavy atom.